The predicted octanol–water partition coefficient (Wildman–Crippen LogP) is 3.36. The third-order valence-electron chi connectivity index (χ3n) is 2.41. The van der Waals surface area contributed by atoms with Crippen LogP contribution in [-0.4, -0.2) is 7.05 Å². The number of rotatable bonds is 2. The van der Waals surface area contributed by atoms with Crippen LogP contribution in [0.25, 0.3) is 11.0 Å². The summed E-state index contributed by atoms with van der Waals surface area (Å²) in [4.78, 5) is 0. The molecule has 0 aliphatic rings. The fraction of sp³-hybridized carbons (Fsp3) is 0.273. The Morgan fingerprint density at radius 3 is 2.80 bits per heavy atom. The number of halogens is 2. The minimum absolute atomic E-state index is 0.239. The van der Waals surface area contributed by atoms with Gasteiger partial charge in [-0.05, 0) is 42.0 Å². The summed E-state index contributed by atoms with van der Waals surface area (Å²) in [5, 5.41) is 3.56. The second kappa shape index (κ2) is 3.94. The van der Waals surface area contributed by atoms with Crippen molar-refractivity contribution in [2.24, 2.45) is 0 Å². The molecule has 0 unspecified atom stereocenters. The van der Waals surface area contributed by atoms with Gasteiger partial charge in [0, 0.05) is 5.56 Å². The molecule has 2 rings (SSSR count). The summed E-state index contributed by atoms with van der Waals surface area (Å²) in [7, 11) is 1.83. The first-order chi connectivity index (χ1) is 7.15. The number of furan rings is 1. The van der Waals surface area contributed by atoms with Crippen molar-refractivity contribution in [3.8, 4) is 0 Å². The van der Waals surface area contributed by atoms with Crippen molar-refractivity contribution in [1.82, 2.24) is 5.32 Å². The van der Waals surface area contributed by atoms with Gasteiger partial charge < -0.3 is 9.73 Å². The minimum atomic E-state index is -0.239. The molecule has 0 amide bonds. The van der Waals surface area contributed by atoms with Crippen LogP contribution < -0.4 is 5.32 Å². The van der Waals surface area contributed by atoms with E-state index in [4.69, 9.17) is 4.42 Å². The summed E-state index contributed by atoms with van der Waals surface area (Å²) in [6.07, 6.45) is 0. The molecule has 4 heteroatoms. The van der Waals surface area contributed by atoms with Crippen LogP contribution in [0.4, 0.5) is 4.39 Å². The first kappa shape index (κ1) is 10.6. The van der Waals surface area contributed by atoms with E-state index in [9.17, 15) is 4.39 Å². The lowest BCUT2D eigenvalue weighted by atomic mass is 10.1. The van der Waals surface area contributed by atoms with Gasteiger partial charge in [-0.2, -0.15) is 0 Å². The smallest absolute Gasteiger partial charge is 0.151 e. The number of nitrogens with one attached hydrogen (secondary N) is 1. The first-order valence-corrected chi connectivity index (χ1v) is 5.45. The third-order valence-corrected chi connectivity index (χ3v) is 3.04. The molecule has 0 saturated carbocycles. The highest BCUT2D eigenvalue weighted by Gasteiger charge is 2.15. The number of benzene rings is 1. The van der Waals surface area contributed by atoms with E-state index in [0.29, 0.717) is 17.5 Å². The summed E-state index contributed by atoms with van der Waals surface area (Å²) in [5.74, 6) is 0.537. The summed E-state index contributed by atoms with van der Waals surface area (Å²) in [6, 6.07) is 3.10. The van der Waals surface area contributed by atoms with E-state index >= 15 is 0 Å². The van der Waals surface area contributed by atoms with Gasteiger partial charge in [0.1, 0.15) is 11.6 Å². The van der Waals surface area contributed by atoms with Crippen molar-refractivity contribution in [3.05, 3.63) is 33.7 Å². The molecule has 0 aliphatic carbocycles. The lowest BCUT2D eigenvalue weighted by Gasteiger charge is -1.95. The highest BCUT2D eigenvalue weighted by atomic mass is 79.9. The molecule has 0 radical (unpaired) electrons. The molecule has 2 aromatic rings. The van der Waals surface area contributed by atoms with Crippen LogP contribution in [0.15, 0.2) is 21.0 Å². The van der Waals surface area contributed by atoms with Gasteiger partial charge in [0.05, 0.1) is 16.4 Å². The van der Waals surface area contributed by atoms with E-state index in [-0.39, 0.29) is 5.82 Å². The topological polar surface area (TPSA) is 25.2 Å². The molecular formula is C11H11BrFNO. The van der Waals surface area contributed by atoms with E-state index < -0.39 is 0 Å². The number of aryl methyl sites for hydroxylation is 1. The Bertz CT molecular complexity index is 507. The molecule has 1 N–H and O–H groups in total. The van der Waals surface area contributed by atoms with E-state index in [1.54, 1.807) is 6.07 Å². The van der Waals surface area contributed by atoms with Crippen molar-refractivity contribution in [2.45, 2.75) is 13.5 Å². The van der Waals surface area contributed by atoms with Gasteiger partial charge in [-0.3, -0.25) is 0 Å². The number of hydrogen-bond acceptors (Lipinski definition) is 2. The van der Waals surface area contributed by atoms with Crippen molar-refractivity contribution in [3.63, 3.8) is 0 Å². The third kappa shape index (κ3) is 1.68. The number of hydrogen-bond donors (Lipinski definition) is 1. The van der Waals surface area contributed by atoms with Gasteiger partial charge >= 0.3 is 0 Å². The largest absolute Gasteiger partial charge is 0.458 e. The van der Waals surface area contributed by atoms with Gasteiger partial charge in [-0.1, -0.05) is 0 Å². The van der Waals surface area contributed by atoms with Crippen LogP contribution in [0.3, 0.4) is 0 Å². The Morgan fingerprint density at radius 1 is 1.47 bits per heavy atom. The lowest BCUT2D eigenvalue weighted by Crippen LogP contribution is -2.04. The zero-order valence-electron chi connectivity index (χ0n) is 8.53. The van der Waals surface area contributed by atoms with Crippen LogP contribution in [0.1, 0.15) is 11.3 Å². The standard InChI is InChI=1S/C11H11BrFNO/c1-6-9(5-14-2)15-11-7(12)3-4-8(13)10(6)11/h3-4,14H,5H2,1-2H3. The molecule has 0 fully saturated rings. The van der Waals surface area contributed by atoms with E-state index in [1.165, 1.54) is 6.07 Å². The first-order valence-electron chi connectivity index (χ1n) is 4.65. The summed E-state index contributed by atoms with van der Waals surface area (Å²) in [6.45, 7) is 2.47. The zero-order valence-corrected chi connectivity index (χ0v) is 10.1. The van der Waals surface area contributed by atoms with Crippen LogP contribution in [-0.2, 0) is 6.54 Å². The van der Waals surface area contributed by atoms with E-state index in [1.807, 2.05) is 14.0 Å². The molecule has 15 heavy (non-hydrogen) atoms. The monoisotopic (exact) mass is 271 g/mol. The van der Waals surface area contributed by atoms with Crippen molar-refractivity contribution >= 4 is 26.9 Å². The Kier molecular flexibility index (Phi) is 2.80. The normalized spacial score (nSPS) is 11.2. The maximum atomic E-state index is 13.6. The molecule has 1 aromatic carbocycles. The van der Waals surface area contributed by atoms with Gasteiger partial charge in [0.15, 0.2) is 5.58 Å². The molecule has 0 aliphatic heterocycles. The second-order valence-corrected chi connectivity index (χ2v) is 4.27. The Labute approximate surface area is 95.6 Å². The summed E-state index contributed by atoms with van der Waals surface area (Å²) >= 11 is 3.35. The molecule has 0 spiro atoms. The summed E-state index contributed by atoms with van der Waals surface area (Å²) in [5.41, 5.74) is 1.44. The summed E-state index contributed by atoms with van der Waals surface area (Å²) < 4.78 is 20.0. The molecule has 2 nitrogen and oxygen atoms in total. The van der Waals surface area contributed by atoms with Gasteiger partial charge in [0.2, 0.25) is 0 Å². The molecule has 1 heterocycles. The molecule has 0 bridgehead atoms. The van der Waals surface area contributed by atoms with Gasteiger partial charge in [0.25, 0.3) is 0 Å². The fourth-order valence-electron chi connectivity index (χ4n) is 1.65. The SMILES string of the molecule is CNCc1oc2c(Br)ccc(F)c2c1C. The quantitative estimate of drug-likeness (QED) is 0.906. The molecule has 0 saturated heterocycles. The minimum Gasteiger partial charge on any atom is -0.458 e. The molecular weight excluding hydrogens is 261 g/mol. The van der Waals surface area contributed by atoms with Crippen LogP contribution >= 0.6 is 15.9 Å². The Morgan fingerprint density at radius 2 is 2.20 bits per heavy atom. The molecule has 0 atom stereocenters. The maximum absolute atomic E-state index is 13.6. The Balaban J connectivity index is 2.75. The van der Waals surface area contributed by atoms with Crippen LogP contribution in [0.2, 0.25) is 0 Å². The molecule has 1 aromatic heterocycles. The highest BCUT2D eigenvalue weighted by molar-refractivity contribution is 9.10. The average Bonchev–Trinajstić information content (AvgIpc) is 2.53. The van der Waals surface area contributed by atoms with E-state index in [2.05, 4.69) is 21.2 Å². The van der Waals surface area contributed by atoms with Crippen molar-refractivity contribution in [2.75, 3.05) is 7.05 Å². The van der Waals surface area contributed by atoms with Gasteiger partial charge in [-0.25, -0.2) is 4.39 Å². The average molecular weight is 272 g/mol. The Hall–Kier alpha value is -0.870. The maximum Gasteiger partial charge on any atom is 0.151 e. The van der Waals surface area contributed by atoms with E-state index in [0.717, 1.165) is 15.8 Å². The van der Waals surface area contributed by atoms with Crippen LogP contribution in [0.5, 0.6) is 0 Å². The van der Waals surface area contributed by atoms with Crippen molar-refractivity contribution < 1.29 is 8.81 Å². The predicted molar refractivity (Wildman–Crippen MR) is 61.4 cm³/mol. The van der Waals surface area contributed by atoms with Crippen molar-refractivity contribution in [1.29, 1.82) is 0 Å². The molecule has 80 valence electrons. The second-order valence-electron chi connectivity index (χ2n) is 3.41. The highest BCUT2D eigenvalue weighted by Crippen LogP contribution is 2.32. The fourth-order valence-corrected chi connectivity index (χ4v) is 2.06. The van der Waals surface area contributed by atoms with Gasteiger partial charge in [-0.15, -0.1) is 0 Å². The zero-order chi connectivity index (χ0) is 11.0. The lowest BCUT2D eigenvalue weighted by molar-refractivity contribution is 0.525. The number of fused-ring (bicyclic) bond motifs is 1. The van der Waals surface area contributed by atoms with Crippen LogP contribution in [0, 0.1) is 12.7 Å².